The van der Waals surface area contributed by atoms with E-state index in [-0.39, 0.29) is 5.56 Å². The fourth-order valence-electron chi connectivity index (χ4n) is 2.52. The van der Waals surface area contributed by atoms with Crippen LogP contribution in [-0.2, 0) is 13.5 Å². The summed E-state index contributed by atoms with van der Waals surface area (Å²) in [5.74, 6) is -0.488. The number of benzene rings is 1. The van der Waals surface area contributed by atoms with Gasteiger partial charge in [0, 0.05) is 13.5 Å². The Morgan fingerprint density at radius 3 is 2.54 bits per heavy atom. The molecule has 1 amide bonds. The maximum absolute atomic E-state index is 12.5. The van der Waals surface area contributed by atoms with Crippen LogP contribution in [0.2, 0.25) is 0 Å². The molecule has 0 aliphatic rings. The number of nitrogens with zero attached hydrogens (tertiary/aromatic N) is 2. The molecule has 0 saturated carbocycles. The van der Waals surface area contributed by atoms with Gasteiger partial charge < -0.3 is 10.4 Å². The minimum Gasteiger partial charge on any atom is -0.391 e. The monoisotopic (exact) mass is 329 g/mol. The van der Waals surface area contributed by atoms with Gasteiger partial charge in [0.05, 0.1) is 17.8 Å². The van der Waals surface area contributed by atoms with Crippen molar-refractivity contribution in [1.82, 2.24) is 15.1 Å². The first-order chi connectivity index (χ1) is 11.3. The predicted molar refractivity (Wildman–Crippen MR) is 92.0 cm³/mol. The third-order valence-corrected chi connectivity index (χ3v) is 4.18. The van der Waals surface area contributed by atoms with E-state index < -0.39 is 23.6 Å². The van der Waals surface area contributed by atoms with Crippen molar-refractivity contribution in [3.05, 3.63) is 63.1 Å². The third kappa shape index (κ3) is 3.89. The Kier molecular flexibility index (Phi) is 5.51. The fourth-order valence-corrected chi connectivity index (χ4v) is 2.52. The molecule has 1 aromatic carbocycles. The van der Waals surface area contributed by atoms with Gasteiger partial charge >= 0.3 is 0 Å². The highest BCUT2D eigenvalue weighted by molar-refractivity contribution is 5.95. The standard InChI is InChI=1S/C18H23N3O3/c1-11-12(2)20-21(4)18(24)16(11)17(23)19-13(3)15(22)10-14-8-6-5-7-9-14/h5-9,13,15,22H,10H2,1-4H3,(H,19,23). The van der Waals surface area contributed by atoms with Gasteiger partial charge in [0.25, 0.3) is 11.5 Å². The third-order valence-electron chi connectivity index (χ3n) is 4.18. The van der Waals surface area contributed by atoms with Crippen molar-refractivity contribution in [1.29, 1.82) is 0 Å². The van der Waals surface area contributed by atoms with Gasteiger partial charge in [-0.2, -0.15) is 5.10 Å². The first-order valence-corrected chi connectivity index (χ1v) is 7.88. The molecule has 0 radical (unpaired) electrons. The van der Waals surface area contributed by atoms with E-state index >= 15 is 0 Å². The molecule has 2 rings (SSSR count). The predicted octanol–water partition coefficient (Wildman–Crippen LogP) is 1.12. The second-order valence-electron chi connectivity index (χ2n) is 6.03. The van der Waals surface area contributed by atoms with Gasteiger partial charge in [-0.05, 0) is 31.9 Å². The van der Waals surface area contributed by atoms with E-state index in [2.05, 4.69) is 10.4 Å². The molecule has 0 aliphatic heterocycles. The maximum Gasteiger partial charge on any atom is 0.279 e. The fraction of sp³-hybridized carbons (Fsp3) is 0.389. The van der Waals surface area contributed by atoms with Crippen molar-refractivity contribution < 1.29 is 9.90 Å². The summed E-state index contributed by atoms with van der Waals surface area (Å²) in [5.41, 5.74) is 1.79. The molecule has 0 bridgehead atoms. The summed E-state index contributed by atoms with van der Waals surface area (Å²) in [6.45, 7) is 5.17. The van der Waals surface area contributed by atoms with Gasteiger partial charge in [0.15, 0.2) is 0 Å². The Bertz CT molecular complexity index is 784. The lowest BCUT2D eigenvalue weighted by molar-refractivity contribution is 0.0848. The van der Waals surface area contributed by atoms with Crippen LogP contribution in [0.3, 0.4) is 0 Å². The van der Waals surface area contributed by atoms with Crippen LogP contribution < -0.4 is 10.9 Å². The van der Waals surface area contributed by atoms with Gasteiger partial charge in [-0.3, -0.25) is 9.59 Å². The molecule has 24 heavy (non-hydrogen) atoms. The summed E-state index contributed by atoms with van der Waals surface area (Å²) >= 11 is 0. The Balaban J connectivity index is 2.13. The van der Waals surface area contributed by atoms with Gasteiger partial charge in [-0.1, -0.05) is 30.3 Å². The van der Waals surface area contributed by atoms with Crippen LogP contribution in [-0.4, -0.2) is 32.9 Å². The van der Waals surface area contributed by atoms with Crippen LogP contribution in [0.5, 0.6) is 0 Å². The lowest BCUT2D eigenvalue weighted by Gasteiger charge is -2.21. The lowest BCUT2D eigenvalue weighted by atomic mass is 10.0. The van der Waals surface area contributed by atoms with E-state index in [0.29, 0.717) is 17.7 Å². The largest absolute Gasteiger partial charge is 0.391 e. The lowest BCUT2D eigenvalue weighted by Crippen LogP contribution is -2.44. The highest BCUT2D eigenvalue weighted by atomic mass is 16.3. The molecule has 0 spiro atoms. The number of hydrogen-bond acceptors (Lipinski definition) is 4. The highest BCUT2D eigenvalue weighted by Gasteiger charge is 2.22. The van der Waals surface area contributed by atoms with Crippen molar-refractivity contribution in [2.45, 2.75) is 39.3 Å². The van der Waals surface area contributed by atoms with E-state index in [9.17, 15) is 14.7 Å². The van der Waals surface area contributed by atoms with Gasteiger partial charge in [0.1, 0.15) is 5.56 Å². The first-order valence-electron chi connectivity index (χ1n) is 7.88. The number of hydrogen-bond donors (Lipinski definition) is 2. The summed E-state index contributed by atoms with van der Waals surface area (Å²) in [7, 11) is 1.51. The molecule has 128 valence electrons. The topological polar surface area (TPSA) is 84.2 Å². The van der Waals surface area contributed by atoms with Crippen LogP contribution in [0, 0.1) is 13.8 Å². The average molecular weight is 329 g/mol. The molecule has 0 aliphatic carbocycles. The number of carbonyl (C=O) groups is 1. The van der Waals surface area contributed by atoms with Crippen LogP contribution in [0.25, 0.3) is 0 Å². The zero-order valence-corrected chi connectivity index (χ0v) is 14.4. The zero-order valence-electron chi connectivity index (χ0n) is 14.4. The molecule has 0 saturated heterocycles. The SMILES string of the molecule is Cc1nn(C)c(=O)c(C(=O)NC(C)C(O)Cc2ccccc2)c1C. The van der Waals surface area contributed by atoms with Crippen molar-refractivity contribution in [2.75, 3.05) is 0 Å². The minimum absolute atomic E-state index is 0.0729. The van der Waals surface area contributed by atoms with Crippen LogP contribution in [0.4, 0.5) is 0 Å². The number of aliphatic hydroxyl groups excluding tert-OH is 1. The van der Waals surface area contributed by atoms with E-state index in [0.717, 1.165) is 10.2 Å². The number of amides is 1. The molecule has 2 atom stereocenters. The second-order valence-corrected chi connectivity index (χ2v) is 6.03. The molecule has 6 heteroatoms. The molecule has 2 aromatic rings. The van der Waals surface area contributed by atoms with Crippen LogP contribution in [0.15, 0.2) is 35.1 Å². The smallest absolute Gasteiger partial charge is 0.279 e. The average Bonchev–Trinajstić information content (AvgIpc) is 2.54. The molecule has 2 unspecified atom stereocenters. The maximum atomic E-state index is 12.5. The summed E-state index contributed by atoms with van der Waals surface area (Å²) in [6, 6.07) is 9.06. The van der Waals surface area contributed by atoms with E-state index in [4.69, 9.17) is 0 Å². The van der Waals surface area contributed by atoms with Crippen LogP contribution >= 0.6 is 0 Å². The Hall–Kier alpha value is -2.47. The number of aromatic nitrogens is 2. The second kappa shape index (κ2) is 7.40. The highest BCUT2D eigenvalue weighted by Crippen LogP contribution is 2.09. The molecule has 6 nitrogen and oxygen atoms in total. The van der Waals surface area contributed by atoms with E-state index in [1.807, 2.05) is 30.3 Å². The van der Waals surface area contributed by atoms with E-state index in [1.54, 1.807) is 20.8 Å². The molecular weight excluding hydrogens is 306 g/mol. The number of rotatable bonds is 5. The molecule has 0 fully saturated rings. The van der Waals surface area contributed by atoms with Crippen molar-refractivity contribution in [2.24, 2.45) is 7.05 Å². The van der Waals surface area contributed by atoms with Crippen LogP contribution in [0.1, 0.15) is 34.1 Å². The minimum atomic E-state index is -0.747. The summed E-state index contributed by atoms with van der Waals surface area (Å²) in [5, 5.41) is 17.1. The number of carbonyl (C=O) groups excluding carboxylic acids is 1. The van der Waals surface area contributed by atoms with Gasteiger partial charge in [0.2, 0.25) is 0 Å². The van der Waals surface area contributed by atoms with Gasteiger partial charge in [-0.15, -0.1) is 0 Å². The van der Waals surface area contributed by atoms with Crippen molar-refractivity contribution in [3.8, 4) is 0 Å². The Morgan fingerprint density at radius 1 is 1.29 bits per heavy atom. The zero-order chi connectivity index (χ0) is 17.9. The molecule has 1 aromatic heterocycles. The van der Waals surface area contributed by atoms with E-state index in [1.165, 1.54) is 7.05 Å². The number of aryl methyl sites for hydroxylation is 2. The Labute approximate surface area is 141 Å². The molecular formula is C18H23N3O3. The normalized spacial score (nSPS) is 13.4. The molecule has 1 heterocycles. The van der Waals surface area contributed by atoms with Gasteiger partial charge in [-0.25, -0.2) is 4.68 Å². The quantitative estimate of drug-likeness (QED) is 0.861. The summed E-state index contributed by atoms with van der Waals surface area (Å²) in [6.07, 6.45) is -0.322. The number of nitrogens with one attached hydrogen (secondary N) is 1. The molecule has 2 N–H and O–H groups in total. The van der Waals surface area contributed by atoms with Crippen molar-refractivity contribution >= 4 is 5.91 Å². The summed E-state index contributed by atoms with van der Waals surface area (Å²) < 4.78 is 1.16. The first kappa shape index (κ1) is 17.9. The Morgan fingerprint density at radius 2 is 1.92 bits per heavy atom. The van der Waals surface area contributed by atoms with Crippen molar-refractivity contribution in [3.63, 3.8) is 0 Å². The summed E-state index contributed by atoms with van der Waals surface area (Å²) in [4.78, 5) is 24.7. The number of aliphatic hydroxyl groups is 1.